The largest absolute Gasteiger partial charge is 0.313 e. The number of piperidine rings is 1. The second-order valence-electron chi connectivity index (χ2n) is 7.16. The van der Waals surface area contributed by atoms with Crippen LogP contribution >= 0.6 is 0 Å². The quantitative estimate of drug-likeness (QED) is 0.825. The van der Waals surface area contributed by atoms with E-state index in [1.807, 2.05) is 0 Å². The first kappa shape index (κ1) is 14.3. The summed E-state index contributed by atoms with van der Waals surface area (Å²) in [6, 6.07) is 1.50. The van der Waals surface area contributed by atoms with E-state index >= 15 is 0 Å². The van der Waals surface area contributed by atoms with Gasteiger partial charge in [0.2, 0.25) is 0 Å². The zero-order valence-corrected chi connectivity index (χ0v) is 12.7. The molecule has 1 saturated heterocycles. The van der Waals surface area contributed by atoms with Crippen LogP contribution in [0.3, 0.4) is 0 Å². The minimum atomic E-state index is 0.591. The second kappa shape index (κ2) is 6.38. The molecule has 1 aliphatic heterocycles. The highest BCUT2D eigenvalue weighted by Crippen LogP contribution is 2.35. The SMILES string of the molecule is CC(C)N1CCC(NCC2(C)CCCCC2)CC1. The Morgan fingerprint density at radius 1 is 1.11 bits per heavy atom. The average molecular weight is 252 g/mol. The lowest BCUT2D eigenvalue weighted by atomic mass is 9.75. The molecular weight excluding hydrogens is 220 g/mol. The number of likely N-dealkylation sites (tertiary alicyclic amines) is 1. The molecule has 0 radical (unpaired) electrons. The molecule has 2 aliphatic rings. The van der Waals surface area contributed by atoms with Crippen LogP contribution < -0.4 is 5.32 Å². The van der Waals surface area contributed by atoms with Crippen molar-refractivity contribution in [3.05, 3.63) is 0 Å². The Bertz CT molecular complexity index is 235. The van der Waals surface area contributed by atoms with E-state index in [0.29, 0.717) is 5.41 Å². The maximum atomic E-state index is 3.86. The Kier molecular flexibility index (Phi) is 5.08. The second-order valence-corrected chi connectivity index (χ2v) is 7.16. The predicted octanol–water partition coefficient (Wildman–Crippen LogP) is 3.42. The first-order valence-electron chi connectivity index (χ1n) is 8.06. The van der Waals surface area contributed by atoms with Crippen molar-refractivity contribution in [3.8, 4) is 0 Å². The summed E-state index contributed by atoms with van der Waals surface area (Å²) < 4.78 is 0. The number of rotatable bonds is 4. The van der Waals surface area contributed by atoms with Crippen LogP contribution in [-0.2, 0) is 0 Å². The first-order valence-corrected chi connectivity index (χ1v) is 8.06. The average Bonchev–Trinajstić information content (AvgIpc) is 2.38. The van der Waals surface area contributed by atoms with Crippen molar-refractivity contribution < 1.29 is 0 Å². The molecule has 0 unspecified atom stereocenters. The Balaban J connectivity index is 1.68. The van der Waals surface area contributed by atoms with E-state index in [1.54, 1.807) is 0 Å². The molecule has 0 aromatic carbocycles. The lowest BCUT2D eigenvalue weighted by Crippen LogP contribution is -2.47. The minimum absolute atomic E-state index is 0.591. The minimum Gasteiger partial charge on any atom is -0.313 e. The van der Waals surface area contributed by atoms with E-state index < -0.39 is 0 Å². The van der Waals surface area contributed by atoms with Gasteiger partial charge in [-0.25, -0.2) is 0 Å². The summed E-state index contributed by atoms with van der Waals surface area (Å²) in [7, 11) is 0. The van der Waals surface area contributed by atoms with Crippen molar-refractivity contribution in [3.63, 3.8) is 0 Å². The van der Waals surface area contributed by atoms with Crippen molar-refractivity contribution in [2.45, 2.75) is 77.8 Å². The van der Waals surface area contributed by atoms with Crippen LogP contribution in [0.4, 0.5) is 0 Å². The maximum Gasteiger partial charge on any atom is 0.00916 e. The van der Waals surface area contributed by atoms with Crippen LogP contribution in [0.1, 0.15) is 65.7 Å². The van der Waals surface area contributed by atoms with Gasteiger partial charge in [-0.3, -0.25) is 0 Å². The normalized spacial score (nSPS) is 26.7. The highest BCUT2D eigenvalue weighted by Gasteiger charge is 2.28. The summed E-state index contributed by atoms with van der Waals surface area (Å²) >= 11 is 0. The fourth-order valence-electron chi connectivity index (χ4n) is 3.59. The Morgan fingerprint density at radius 3 is 2.28 bits per heavy atom. The summed E-state index contributed by atoms with van der Waals surface area (Å²) in [5.74, 6) is 0. The van der Waals surface area contributed by atoms with Gasteiger partial charge in [-0.15, -0.1) is 0 Å². The summed E-state index contributed by atoms with van der Waals surface area (Å²) in [6.45, 7) is 10.9. The maximum absolute atomic E-state index is 3.86. The predicted molar refractivity (Wildman–Crippen MR) is 78.9 cm³/mol. The fraction of sp³-hybridized carbons (Fsp3) is 1.00. The molecule has 0 aromatic rings. The number of hydrogen-bond acceptors (Lipinski definition) is 2. The summed E-state index contributed by atoms with van der Waals surface area (Å²) in [6.07, 6.45) is 9.91. The Labute approximate surface area is 114 Å². The van der Waals surface area contributed by atoms with Crippen LogP contribution in [0.2, 0.25) is 0 Å². The molecule has 0 spiro atoms. The molecule has 18 heavy (non-hydrogen) atoms. The van der Waals surface area contributed by atoms with Gasteiger partial charge in [0.05, 0.1) is 0 Å². The molecule has 0 bridgehead atoms. The lowest BCUT2D eigenvalue weighted by molar-refractivity contribution is 0.144. The molecular formula is C16H32N2. The van der Waals surface area contributed by atoms with Gasteiger partial charge in [-0.2, -0.15) is 0 Å². The van der Waals surface area contributed by atoms with Gasteiger partial charge in [0, 0.05) is 18.6 Å². The van der Waals surface area contributed by atoms with Crippen LogP contribution in [0, 0.1) is 5.41 Å². The van der Waals surface area contributed by atoms with Crippen molar-refractivity contribution in [2.24, 2.45) is 5.41 Å². The van der Waals surface area contributed by atoms with E-state index in [4.69, 9.17) is 0 Å². The van der Waals surface area contributed by atoms with E-state index in [9.17, 15) is 0 Å². The molecule has 1 N–H and O–H groups in total. The lowest BCUT2D eigenvalue weighted by Gasteiger charge is -2.38. The van der Waals surface area contributed by atoms with Gasteiger partial charge in [-0.1, -0.05) is 26.2 Å². The van der Waals surface area contributed by atoms with Crippen molar-refractivity contribution in [1.82, 2.24) is 10.2 Å². The zero-order valence-electron chi connectivity index (χ0n) is 12.7. The van der Waals surface area contributed by atoms with Crippen molar-refractivity contribution >= 4 is 0 Å². The molecule has 106 valence electrons. The van der Waals surface area contributed by atoms with Gasteiger partial charge < -0.3 is 10.2 Å². The van der Waals surface area contributed by atoms with Crippen LogP contribution in [0.5, 0.6) is 0 Å². The molecule has 0 atom stereocenters. The van der Waals surface area contributed by atoms with Crippen molar-refractivity contribution in [1.29, 1.82) is 0 Å². The van der Waals surface area contributed by atoms with E-state index in [2.05, 4.69) is 31.0 Å². The first-order chi connectivity index (χ1) is 8.59. The molecule has 2 rings (SSSR count). The zero-order chi connectivity index (χ0) is 13.0. The fourth-order valence-corrected chi connectivity index (χ4v) is 3.59. The molecule has 0 aromatic heterocycles. The monoisotopic (exact) mass is 252 g/mol. The highest BCUT2D eigenvalue weighted by atomic mass is 15.2. The standard InChI is InChI=1S/C16H32N2/c1-14(2)18-11-7-15(8-12-18)17-13-16(3)9-5-4-6-10-16/h14-15,17H,4-13H2,1-3H3. The molecule has 2 heteroatoms. The van der Waals surface area contributed by atoms with Gasteiger partial charge in [0.15, 0.2) is 0 Å². The molecule has 1 heterocycles. The van der Waals surface area contributed by atoms with Crippen LogP contribution in [-0.4, -0.2) is 36.6 Å². The van der Waals surface area contributed by atoms with Gasteiger partial charge in [0.25, 0.3) is 0 Å². The van der Waals surface area contributed by atoms with E-state index in [1.165, 1.54) is 64.6 Å². The third-order valence-corrected chi connectivity index (χ3v) is 5.14. The number of hydrogen-bond donors (Lipinski definition) is 1. The third-order valence-electron chi connectivity index (χ3n) is 5.14. The van der Waals surface area contributed by atoms with Gasteiger partial charge in [-0.05, 0) is 58.0 Å². The smallest absolute Gasteiger partial charge is 0.00916 e. The van der Waals surface area contributed by atoms with Crippen LogP contribution in [0.15, 0.2) is 0 Å². The number of nitrogens with one attached hydrogen (secondary N) is 1. The summed E-state index contributed by atoms with van der Waals surface area (Å²) in [5.41, 5.74) is 0.591. The third kappa shape index (κ3) is 3.96. The number of nitrogens with zero attached hydrogens (tertiary/aromatic N) is 1. The summed E-state index contributed by atoms with van der Waals surface area (Å²) in [4.78, 5) is 2.61. The molecule has 2 fully saturated rings. The molecule has 1 aliphatic carbocycles. The highest BCUT2D eigenvalue weighted by molar-refractivity contribution is 4.84. The Morgan fingerprint density at radius 2 is 1.72 bits per heavy atom. The van der Waals surface area contributed by atoms with Gasteiger partial charge in [0.1, 0.15) is 0 Å². The molecule has 2 nitrogen and oxygen atoms in total. The topological polar surface area (TPSA) is 15.3 Å². The van der Waals surface area contributed by atoms with Crippen LogP contribution in [0.25, 0.3) is 0 Å². The molecule has 1 saturated carbocycles. The van der Waals surface area contributed by atoms with E-state index in [-0.39, 0.29) is 0 Å². The van der Waals surface area contributed by atoms with E-state index in [0.717, 1.165) is 12.1 Å². The summed E-state index contributed by atoms with van der Waals surface area (Å²) in [5, 5.41) is 3.86. The van der Waals surface area contributed by atoms with Crippen molar-refractivity contribution in [2.75, 3.05) is 19.6 Å². The molecule has 0 amide bonds. The van der Waals surface area contributed by atoms with Gasteiger partial charge >= 0.3 is 0 Å². The Hall–Kier alpha value is -0.0800.